The van der Waals surface area contributed by atoms with Crippen LogP contribution in [-0.4, -0.2) is 11.6 Å². The zero-order chi connectivity index (χ0) is 17.6. The van der Waals surface area contributed by atoms with Gasteiger partial charge in [-0.2, -0.15) is 5.10 Å². The molecule has 0 bridgehead atoms. The lowest BCUT2D eigenvalue weighted by Crippen LogP contribution is -2.19. The number of hydrogen-bond acceptors (Lipinski definition) is 2. The molecule has 1 amide bonds. The number of nitrogens with zero attached hydrogens (tertiary/aromatic N) is 1. The maximum Gasteiger partial charge on any atom is 0.271 e. The van der Waals surface area contributed by atoms with Crippen LogP contribution in [0.1, 0.15) is 22.8 Å². The zero-order valence-electron chi connectivity index (χ0n) is 13.7. The fourth-order valence-corrected chi connectivity index (χ4v) is 2.97. The summed E-state index contributed by atoms with van der Waals surface area (Å²) in [4.78, 5) is 12.2. The third-order valence-electron chi connectivity index (χ3n) is 3.82. The van der Waals surface area contributed by atoms with E-state index >= 15 is 0 Å². The minimum absolute atomic E-state index is 0.209. The van der Waals surface area contributed by atoms with Gasteiger partial charge in [0.25, 0.3) is 5.91 Å². The van der Waals surface area contributed by atoms with Gasteiger partial charge in [-0.15, -0.1) is 0 Å². The average molecular weight is 440 g/mol. The molecular weight excluding hydrogens is 423 g/mol. The number of carbonyl (C=O) groups is 1. The van der Waals surface area contributed by atoms with Gasteiger partial charge in [-0.25, -0.2) is 5.43 Å². The molecule has 3 nitrogen and oxygen atoms in total. The van der Waals surface area contributed by atoms with Crippen molar-refractivity contribution in [1.82, 2.24) is 5.43 Å². The van der Waals surface area contributed by atoms with Crippen molar-refractivity contribution in [2.24, 2.45) is 5.10 Å². The summed E-state index contributed by atoms with van der Waals surface area (Å²) in [7, 11) is 0. The van der Waals surface area contributed by atoms with Gasteiger partial charge >= 0.3 is 0 Å². The van der Waals surface area contributed by atoms with Crippen molar-refractivity contribution in [3.63, 3.8) is 0 Å². The maximum atomic E-state index is 12.2. The van der Waals surface area contributed by atoms with E-state index in [0.717, 1.165) is 20.4 Å². The van der Waals surface area contributed by atoms with Crippen LogP contribution in [0.15, 0.2) is 84.0 Å². The highest BCUT2D eigenvalue weighted by atomic mass is 127. The summed E-state index contributed by atoms with van der Waals surface area (Å²) in [6.45, 7) is 1.88. The number of carbonyl (C=O) groups excluding carboxylic acids is 1. The monoisotopic (exact) mass is 440 g/mol. The van der Waals surface area contributed by atoms with E-state index in [-0.39, 0.29) is 5.91 Å². The van der Waals surface area contributed by atoms with Crippen molar-refractivity contribution in [3.8, 4) is 11.1 Å². The molecule has 0 aromatic heterocycles. The van der Waals surface area contributed by atoms with E-state index in [1.54, 1.807) is 6.07 Å². The third kappa shape index (κ3) is 4.54. The van der Waals surface area contributed by atoms with E-state index in [1.807, 2.05) is 55.5 Å². The first-order valence-electron chi connectivity index (χ1n) is 7.89. The van der Waals surface area contributed by atoms with E-state index < -0.39 is 0 Å². The number of nitrogens with one attached hydrogen (secondary N) is 1. The summed E-state index contributed by atoms with van der Waals surface area (Å²) in [6, 6.07) is 25.8. The molecule has 4 heteroatoms. The van der Waals surface area contributed by atoms with Crippen LogP contribution in [0, 0.1) is 3.57 Å². The quantitative estimate of drug-likeness (QED) is 0.342. The third-order valence-corrected chi connectivity index (χ3v) is 4.49. The SMILES string of the molecule is CC(=NNC(=O)c1cccc(I)c1)c1ccc(-c2ccccc2)cc1. The van der Waals surface area contributed by atoms with Crippen LogP contribution in [0.5, 0.6) is 0 Å². The fourth-order valence-electron chi connectivity index (χ4n) is 2.43. The molecule has 3 aromatic rings. The Labute approximate surface area is 160 Å². The van der Waals surface area contributed by atoms with E-state index in [9.17, 15) is 4.79 Å². The molecule has 0 heterocycles. The molecule has 1 N–H and O–H groups in total. The molecule has 0 spiro atoms. The van der Waals surface area contributed by atoms with Crippen molar-refractivity contribution >= 4 is 34.2 Å². The first-order chi connectivity index (χ1) is 12.1. The van der Waals surface area contributed by atoms with E-state index in [0.29, 0.717) is 5.56 Å². The number of benzene rings is 3. The van der Waals surface area contributed by atoms with Crippen molar-refractivity contribution < 1.29 is 4.79 Å². The molecule has 0 fully saturated rings. The van der Waals surface area contributed by atoms with E-state index in [2.05, 4.69) is 57.4 Å². The summed E-state index contributed by atoms with van der Waals surface area (Å²) in [5.74, 6) is -0.209. The van der Waals surface area contributed by atoms with Crippen LogP contribution < -0.4 is 5.43 Å². The smallest absolute Gasteiger partial charge is 0.267 e. The summed E-state index contributed by atoms with van der Waals surface area (Å²) < 4.78 is 1.02. The molecule has 0 saturated carbocycles. The van der Waals surface area contributed by atoms with Gasteiger partial charge in [-0.3, -0.25) is 4.79 Å². The Balaban J connectivity index is 1.71. The first-order valence-corrected chi connectivity index (χ1v) is 8.97. The second kappa shape index (κ2) is 8.07. The zero-order valence-corrected chi connectivity index (χ0v) is 15.9. The van der Waals surface area contributed by atoms with Gasteiger partial charge in [0, 0.05) is 9.13 Å². The molecule has 3 rings (SSSR count). The molecular formula is C21H17IN2O. The van der Waals surface area contributed by atoms with Crippen molar-refractivity contribution in [3.05, 3.63) is 93.6 Å². The fraction of sp³-hybridized carbons (Fsp3) is 0.0476. The summed E-state index contributed by atoms with van der Waals surface area (Å²) in [6.07, 6.45) is 0. The number of hydrogen-bond donors (Lipinski definition) is 1. The molecule has 124 valence electrons. The standard InChI is InChI=1S/C21H17IN2O/c1-15(23-24-21(25)19-8-5-9-20(22)14-19)16-10-12-18(13-11-16)17-6-3-2-4-7-17/h2-14H,1H3,(H,24,25). The Bertz CT molecular complexity index is 903. The van der Waals surface area contributed by atoms with Crippen LogP contribution in [0.3, 0.4) is 0 Å². The molecule has 3 aromatic carbocycles. The Hall–Kier alpha value is -2.47. The number of hydrazone groups is 1. The molecule has 0 aliphatic heterocycles. The Morgan fingerprint density at radius 3 is 2.20 bits per heavy atom. The molecule has 0 radical (unpaired) electrons. The molecule has 0 atom stereocenters. The van der Waals surface area contributed by atoms with Crippen LogP contribution in [0.25, 0.3) is 11.1 Å². The van der Waals surface area contributed by atoms with Gasteiger partial charge < -0.3 is 0 Å². The lowest BCUT2D eigenvalue weighted by atomic mass is 10.0. The van der Waals surface area contributed by atoms with Crippen LogP contribution in [0.2, 0.25) is 0 Å². The number of halogens is 1. The minimum atomic E-state index is -0.209. The number of rotatable bonds is 4. The normalized spacial score (nSPS) is 11.2. The van der Waals surface area contributed by atoms with Crippen molar-refractivity contribution in [1.29, 1.82) is 0 Å². The van der Waals surface area contributed by atoms with Gasteiger partial charge in [0.1, 0.15) is 0 Å². The van der Waals surface area contributed by atoms with Gasteiger partial charge in [-0.1, -0.05) is 60.7 Å². The molecule has 0 aliphatic carbocycles. The van der Waals surface area contributed by atoms with Crippen LogP contribution in [-0.2, 0) is 0 Å². The average Bonchev–Trinajstić information content (AvgIpc) is 2.66. The lowest BCUT2D eigenvalue weighted by Gasteiger charge is -2.05. The summed E-state index contributed by atoms with van der Waals surface area (Å²) in [5, 5.41) is 4.22. The van der Waals surface area contributed by atoms with Gasteiger partial charge in [0.15, 0.2) is 0 Å². The highest BCUT2D eigenvalue weighted by Gasteiger charge is 2.05. The highest BCUT2D eigenvalue weighted by molar-refractivity contribution is 14.1. The van der Waals surface area contributed by atoms with Gasteiger partial charge in [0.2, 0.25) is 0 Å². The van der Waals surface area contributed by atoms with E-state index in [4.69, 9.17) is 0 Å². The first kappa shape index (κ1) is 17.4. The van der Waals surface area contributed by atoms with Gasteiger partial charge in [0.05, 0.1) is 5.71 Å². The molecule has 0 saturated heterocycles. The van der Waals surface area contributed by atoms with E-state index in [1.165, 1.54) is 5.56 Å². The summed E-state index contributed by atoms with van der Waals surface area (Å²) >= 11 is 2.18. The molecule has 0 aliphatic rings. The van der Waals surface area contributed by atoms with Crippen molar-refractivity contribution in [2.75, 3.05) is 0 Å². The largest absolute Gasteiger partial charge is 0.271 e. The maximum absolute atomic E-state index is 12.2. The predicted molar refractivity (Wildman–Crippen MR) is 111 cm³/mol. The Kier molecular flexibility index (Phi) is 5.60. The minimum Gasteiger partial charge on any atom is -0.267 e. The van der Waals surface area contributed by atoms with Gasteiger partial charge in [-0.05, 0) is 64.4 Å². The van der Waals surface area contributed by atoms with Crippen LogP contribution in [0.4, 0.5) is 0 Å². The Morgan fingerprint density at radius 1 is 0.840 bits per heavy atom. The molecule has 0 unspecified atom stereocenters. The molecule has 25 heavy (non-hydrogen) atoms. The predicted octanol–water partition coefficient (Wildman–Crippen LogP) is 5.11. The summed E-state index contributed by atoms with van der Waals surface area (Å²) in [5.41, 5.74) is 7.28. The van der Waals surface area contributed by atoms with Crippen LogP contribution >= 0.6 is 22.6 Å². The Morgan fingerprint density at radius 2 is 1.52 bits per heavy atom. The van der Waals surface area contributed by atoms with Crippen molar-refractivity contribution in [2.45, 2.75) is 6.92 Å². The highest BCUT2D eigenvalue weighted by Crippen LogP contribution is 2.19. The number of amides is 1. The second-order valence-electron chi connectivity index (χ2n) is 5.59. The lowest BCUT2D eigenvalue weighted by molar-refractivity contribution is 0.0955. The second-order valence-corrected chi connectivity index (χ2v) is 6.84. The topological polar surface area (TPSA) is 41.5 Å².